The van der Waals surface area contributed by atoms with Crippen LogP contribution in [0.1, 0.15) is 344 Å². The van der Waals surface area contributed by atoms with Crippen LogP contribution in [0, 0.1) is 13.8 Å². The highest BCUT2D eigenvalue weighted by molar-refractivity contribution is 7.32. The van der Waals surface area contributed by atoms with Gasteiger partial charge in [-0.3, -0.25) is 0 Å². The highest BCUT2D eigenvalue weighted by atomic mass is 31.1. The van der Waals surface area contributed by atoms with E-state index in [0.29, 0.717) is 46.9 Å². The smallest absolute Gasteiger partial charge is 0.449 e. The zero-order chi connectivity index (χ0) is 110. The summed E-state index contributed by atoms with van der Waals surface area (Å²) in [6.45, 7) is 85.4. The lowest BCUT2D eigenvalue weighted by Gasteiger charge is -2.34. The van der Waals surface area contributed by atoms with Crippen molar-refractivity contribution in [1.82, 2.24) is 0 Å². The van der Waals surface area contributed by atoms with Gasteiger partial charge in [0.25, 0.3) is 27.1 Å². The molecule has 0 spiro atoms. The monoisotopic (exact) mass is 2140 g/mol. The third-order valence-electron chi connectivity index (χ3n) is 27.0. The fraction of sp³-hybridized carbons (Fsp3) is 0.400. The van der Waals surface area contributed by atoms with Crippen molar-refractivity contribution in [2.45, 2.75) is 341 Å². The lowest BCUT2D eigenvalue weighted by molar-refractivity contribution is 0.314. The molecule has 4 unspecified atom stereocenters. The van der Waals surface area contributed by atoms with E-state index in [9.17, 15) is 0 Å². The van der Waals surface area contributed by atoms with Crippen LogP contribution in [0.5, 0.6) is 51.7 Å². The molecule has 0 N–H and O–H groups in total. The van der Waals surface area contributed by atoms with Crippen LogP contribution in [0.15, 0.2) is 272 Å². The molecular formula is C130H164O14P6. The van der Waals surface area contributed by atoms with Gasteiger partial charge in [-0.25, -0.2) is 0 Å². The molecule has 14 nitrogen and oxygen atoms in total. The first kappa shape index (κ1) is 117. The number of rotatable bonds is 24. The molecule has 15 rings (SSSR count). The van der Waals surface area contributed by atoms with Gasteiger partial charge in [0, 0.05) is 78.0 Å². The molecule has 13 aromatic carbocycles. The molecule has 0 aliphatic carbocycles. The van der Waals surface area contributed by atoms with Crippen LogP contribution in [-0.2, 0) is 82.5 Å². The Bertz CT molecular complexity index is 6920. The van der Waals surface area contributed by atoms with Gasteiger partial charge in [0.1, 0.15) is 74.1 Å². The Morgan fingerprint density at radius 2 is 0.433 bits per heavy atom. The Morgan fingerprint density at radius 1 is 0.213 bits per heavy atom. The van der Waals surface area contributed by atoms with Gasteiger partial charge in [-0.2, -0.15) is 0 Å². The number of para-hydroxylation sites is 7. The van der Waals surface area contributed by atoms with Gasteiger partial charge in [0.15, 0.2) is 0 Å². The molecule has 4 atom stereocenters. The van der Waals surface area contributed by atoms with Gasteiger partial charge in [-0.05, 0) is 201 Å². The van der Waals surface area contributed by atoms with Gasteiger partial charge in [-0.15, -0.1) is 0 Å². The van der Waals surface area contributed by atoms with Crippen molar-refractivity contribution in [3.8, 4) is 62.9 Å². The quantitative estimate of drug-likeness (QED) is 0.0418. The molecule has 2 aromatic heterocycles. The summed E-state index contributed by atoms with van der Waals surface area (Å²) in [5.74, 6) is 7.23. The van der Waals surface area contributed by atoms with Crippen LogP contribution in [-0.4, -0.2) is 0 Å². The molecule has 0 saturated heterocycles. The van der Waals surface area contributed by atoms with E-state index in [1.807, 2.05) is 133 Å². The zero-order valence-electron chi connectivity index (χ0n) is 96.3. The van der Waals surface area contributed by atoms with Crippen LogP contribution >= 0.6 is 52.6 Å². The molecule has 15 aromatic rings. The topological polar surface area (TPSA) is 145 Å². The average molecular weight is 2140 g/mol. The molecule has 0 fully saturated rings. The third kappa shape index (κ3) is 29.4. The molecule has 798 valence electrons. The number of fused-ring (bicyclic) bond motifs is 6. The largest absolute Gasteiger partial charge is 0.453 e. The van der Waals surface area contributed by atoms with Gasteiger partial charge >= 0.3 is 16.5 Å². The number of benzene rings is 13. The van der Waals surface area contributed by atoms with Gasteiger partial charge in [-0.1, -0.05) is 437 Å². The molecule has 0 saturated carbocycles. The highest BCUT2D eigenvalue weighted by Gasteiger charge is 2.39. The molecule has 0 radical (unpaired) electrons. The second-order valence-corrected chi connectivity index (χ2v) is 56.1. The van der Waals surface area contributed by atoms with Crippen LogP contribution in [0.2, 0.25) is 0 Å². The standard InChI is InChI=1S/C54H60O6P2.C41H54O4P2.C35H50O4P2/c1-33-39(51(3,4)5)31-41(53(9,10)11)49(59-61-55-43-27-19-15-23-35(43)36-24-16-20-28-44(36)56-61)47(33)48-34(2)40(52(6,7)8)32-42(54(12,13)14)50(48)60-62-57-45-29-21-17-25-37(45)38-26-18-22-30-46(38)58-62;1-38(2,3)30-21-23-36(32(26-30)40(7,8)9)44-46-42-34-19-15-13-17-28(34)25-29-18-14-16-20-35(29)43-47-45-37-24-22-31(39(4,5)6)27-33(37)41(10,11)12;1-32(2,3)25-17-19-30(27(21-25)34(7,8)9)38-40-36-23-24-15-13-14-16-29(24)37-41-39-31-20-18-26(33(4,5)6)22-28(31)35(10,11)12/h15-32H,1-14H3;13-24,26-27,46-47H,25H2,1-12H3;13-22,40-41H,23H2,1-12H3. The fourth-order valence-corrected chi connectivity index (χ4v) is 22.8. The summed E-state index contributed by atoms with van der Waals surface area (Å²) >= 11 is 0. The molecular weight excluding hydrogens is 1970 g/mol. The van der Waals surface area contributed by atoms with Crippen molar-refractivity contribution in [3.05, 3.63) is 349 Å². The number of hydrogen-bond acceptors (Lipinski definition) is 14. The Balaban J connectivity index is 0.000000193. The lowest BCUT2D eigenvalue weighted by Crippen LogP contribution is -2.22. The Hall–Kier alpha value is -10.5. The fourth-order valence-electron chi connectivity index (χ4n) is 18.3. The number of hydrogen-bond donors (Lipinski definition) is 0. The van der Waals surface area contributed by atoms with Crippen molar-refractivity contribution in [1.29, 1.82) is 0 Å². The molecule has 0 bridgehead atoms. The second-order valence-electron chi connectivity index (χ2n) is 51.8. The van der Waals surface area contributed by atoms with Crippen LogP contribution in [0.4, 0.5) is 0 Å². The Kier molecular flexibility index (Phi) is 36.1. The van der Waals surface area contributed by atoms with Gasteiger partial charge < -0.3 is 62.0 Å². The molecule has 2 heterocycles. The normalized spacial score (nSPS) is 13.0. The van der Waals surface area contributed by atoms with E-state index in [1.54, 1.807) is 0 Å². The van der Waals surface area contributed by atoms with E-state index in [-0.39, 0.29) is 101 Å². The average Bonchev–Trinajstić information content (AvgIpc) is 0.841. The van der Waals surface area contributed by atoms with E-state index < -0.39 is 16.5 Å². The maximum absolute atomic E-state index is 7.41. The first-order valence-corrected chi connectivity index (χ1v) is 57.8. The van der Waals surface area contributed by atoms with E-state index in [4.69, 9.17) is 62.0 Å². The van der Waals surface area contributed by atoms with E-state index in [1.165, 1.54) is 55.6 Å². The highest BCUT2D eigenvalue weighted by Crippen LogP contribution is 2.58. The summed E-state index contributed by atoms with van der Waals surface area (Å²) in [5, 5.41) is 3.83. The predicted octanol–water partition coefficient (Wildman–Crippen LogP) is 41.4. The minimum Gasteiger partial charge on any atom is -0.449 e. The zero-order valence-corrected chi connectivity index (χ0v) is 102. The molecule has 0 aliphatic heterocycles. The van der Waals surface area contributed by atoms with E-state index in [2.05, 4.69) is 384 Å². The maximum Gasteiger partial charge on any atom is 0.453 e. The van der Waals surface area contributed by atoms with Crippen molar-refractivity contribution >= 4 is 96.5 Å². The van der Waals surface area contributed by atoms with E-state index in [0.717, 1.165) is 112 Å². The van der Waals surface area contributed by atoms with Crippen LogP contribution < -0.4 is 40.7 Å². The van der Waals surface area contributed by atoms with E-state index >= 15 is 0 Å². The first-order valence-electron chi connectivity index (χ1n) is 52.4. The first-order chi connectivity index (χ1) is 69.8. The molecule has 150 heavy (non-hydrogen) atoms. The van der Waals surface area contributed by atoms with Crippen molar-refractivity contribution in [2.24, 2.45) is 0 Å². The Labute approximate surface area is 905 Å². The van der Waals surface area contributed by atoms with Crippen molar-refractivity contribution in [2.75, 3.05) is 0 Å². The van der Waals surface area contributed by atoms with Gasteiger partial charge in [0.05, 0.1) is 6.61 Å². The minimum absolute atomic E-state index is 0.0393. The summed E-state index contributed by atoms with van der Waals surface area (Å²) in [7, 11) is -4.68. The molecule has 0 aliphatic rings. The Morgan fingerprint density at radius 3 is 0.687 bits per heavy atom. The van der Waals surface area contributed by atoms with Crippen LogP contribution in [0.3, 0.4) is 0 Å². The molecule has 20 heteroatoms. The SMILES string of the molecule is CC(C)(C)c1ccc(OPOCc2ccccc2OPOc2ccc(C(C)(C)C)cc2C(C)(C)C)c(C(C)(C)C)c1.CC(C)(C)c1ccc(OPOc2ccccc2Cc2ccccc2OPOc2ccc(C(C)(C)C)cc2C(C)(C)C)c(C(C)(C)C)c1.Cc1c(C(C)(C)C)cc(C(C)(C)C)c(Op2oc3ccccc3c3ccccc3o2)c1-c1c(C)c(C(C)(C)C)cc(C(C)(C)C)c1Op1oc2ccccc2c2ccccc2o1. The maximum atomic E-state index is 7.41. The summed E-state index contributed by atoms with van der Waals surface area (Å²) in [4.78, 5) is 0. The predicted molar refractivity (Wildman–Crippen MR) is 641 cm³/mol. The third-order valence-corrected chi connectivity index (χ3v) is 31.4. The van der Waals surface area contributed by atoms with Crippen molar-refractivity contribution < 1.29 is 62.0 Å². The summed E-state index contributed by atoms with van der Waals surface area (Å²) < 4.78 is 91.6. The summed E-state index contributed by atoms with van der Waals surface area (Å²) in [6, 6.07) is 87.2. The van der Waals surface area contributed by atoms with Crippen LogP contribution in [0.25, 0.3) is 55.0 Å². The summed E-state index contributed by atoms with van der Waals surface area (Å²) in [6.07, 6.45) is 0.655. The minimum atomic E-state index is -2.01. The summed E-state index contributed by atoms with van der Waals surface area (Å²) in [5.41, 5.74) is 23.4. The second kappa shape index (κ2) is 46.4. The lowest BCUT2D eigenvalue weighted by atomic mass is 9.72. The van der Waals surface area contributed by atoms with Crippen molar-refractivity contribution in [3.63, 3.8) is 0 Å². The van der Waals surface area contributed by atoms with Gasteiger partial charge in [0.2, 0.25) is 9.03 Å². The molecule has 0 amide bonds.